The third kappa shape index (κ3) is 7.32. The van der Waals surface area contributed by atoms with E-state index in [1.54, 1.807) is 11.8 Å². The molecule has 0 heterocycles. The summed E-state index contributed by atoms with van der Waals surface area (Å²) < 4.78 is 50.5. The van der Waals surface area contributed by atoms with Crippen molar-refractivity contribution >= 4 is 28.6 Å². The molecule has 0 unspecified atom stereocenters. The summed E-state index contributed by atoms with van der Waals surface area (Å²) in [5, 5.41) is 2.28. The summed E-state index contributed by atoms with van der Waals surface area (Å²) >= 11 is 1.69. The van der Waals surface area contributed by atoms with Gasteiger partial charge in [-0.05, 0) is 83.3 Å². The summed E-state index contributed by atoms with van der Waals surface area (Å²) in [7, 11) is 0. The number of thioether (sulfide) groups is 1. The highest BCUT2D eigenvalue weighted by Gasteiger charge is 2.30. The molecule has 0 saturated heterocycles. The van der Waals surface area contributed by atoms with Gasteiger partial charge in [-0.15, -0.1) is 11.8 Å². The smallest absolute Gasteiger partial charge is 0.416 e. The van der Waals surface area contributed by atoms with Crippen molar-refractivity contribution in [1.82, 2.24) is 0 Å². The predicted octanol–water partition coefficient (Wildman–Crippen LogP) is 9.21. The Kier molecular flexibility index (Phi) is 8.82. The van der Waals surface area contributed by atoms with E-state index in [0.717, 1.165) is 56.7 Å². The van der Waals surface area contributed by atoms with Gasteiger partial charge in [-0.1, -0.05) is 55.5 Å². The van der Waals surface area contributed by atoms with E-state index in [4.69, 9.17) is 9.47 Å². The first-order valence-corrected chi connectivity index (χ1v) is 13.2. The summed E-state index contributed by atoms with van der Waals surface area (Å²) in [5.41, 5.74) is 2.48. The summed E-state index contributed by atoms with van der Waals surface area (Å²) in [6, 6.07) is 25.3. The van der Waals surface area contributed by atoms with Gasteiger partial charge >= 0.3 is 6.18 Å². The molecule has 4 aromatic carbocycles. The maximum Gasteiger partial charge on any atom is 0.416 e. The molecule has 0 bridgehead atoms. The van der Waals surface area contributed by atoms with E-state index in [1.807, 2.05) is 31.2 Å². The molecule has 6 heteroatoms. The number of halogens is 3. The SMILES string of the molecule is CCCOc1ccc(SC/C(=C/c2cccc3ccccc23)COc2ccc(C(F)(F)F)cc2)cc1C. The molecule has 0 N–H and O–H groups in total. The van der Waals surface area contributed by atoms with Crippen molar-refractivity contribution in [2.24, 2.45) is 0 Å². The van der Waals surface area contributed by atoms with Crippen LogP contribution in [0.15, 0.2) is 95.4 Å². The van der Waals surface area contributed by atoms with Gasteiger partial charge in [0.25, 0.3) is 0 Å². The number of fused-ring (bicyclic) bond motifs is 1. The molecule has 2 nitrogen and oxygen atoms in total. The van der Waals surface area contributed by atoms with Crippen LogP contribution < -0.4 is 9.47 Å². The number of rotatable bonds is 10. The minimum Gasteiger partial charge on any atom is -0.493 e. The van der Waals surface area contributed by atoms with Gasteiger partial charge < -0.3 is 9.47 Å². The van der Waals surface area contributed by atoms with Crippen LogP contribution in [0.3, 0.4) is 0 Å². The normalized spacial score (nSPS) is 12.1. The summed E-state index contributed by atoms with van der Waals surface area (Å²) in [6.45, 7) is 5.07. The fourth-order valence-electron chi connectivity index (χ4n) is 3.90. The molecule has 0 fully saturated rings. The number of hydrogen-bond acceptors (Lipinski definition) is 3. The third-order valence-corrected chi connectivity index (χ3v) is 6.92. The maximum absolute atomic E-state index is 12.9. The van der Waals surface area contributed by atoms with Gasteiger partial charge in [0.15, 0.2) is 0 Å². The van der Waals surface area contributed by atoms with Gasteiger partial charge in [-0.25, -0.2) is 0 Å². The number of aryl methyl sites for hydroxylation is 1. The van der Waals surface area contributed by atoms with Crippen LogP contribution >= 0.6 is 11.8 Å². The topological polar surface area (TPSA) is 18.5 Å². The zero-order valence-electron chi connectivity index (χ0n) is 20.8. The van der Waals surface area contributed by atoms with Crippen molar-refractivity contribution in [3.05, 3.63) is 107 Å². The van der Waals surface area contributed by atoms with Crippen molar-refractivity contribution < 1.29 is 22.6 Å². The van der Waals surface area contributed by atoms with E-state index >= 15 is 0 Å². The molecule has 0 aliphatic rings. The molecule has 192 valence electrons. The third-order valence-electron chi connectivity index (χ3n) is 5.82. The predicted molar refractivity (Wildman–Crippen MR) is 147 cm³/mol. The van der Waals surface area contributed by atoms with Crippen molar-refractivity contribution in [2.45, 2.75) is 31.3 Å². The Labute approximate surface area is 220 Å². The van der Waals surface area contributed by atoms with Crippen LogP contribution in [-0.2, 0) is 6.18 Å². The average molecular weight is 523 g/mol. The van der Waals surface area contributed by atoms with E-state index in [1.165, 1.54) is 12.1 Å². The number of alkyl halides is 3. The standard InChI is InChI=1S/C31H29F3O2S/c1-3-17-35-30-16-15-28(18-22(30)2)37-21-23(19-25-9-6-8-24-7-4-5-10-29(24)25)20-36-27-13-11-26(12-14-27)31(32,33)34/h4-16,18-19H,3,17,20-21H2,1-2H3/b23-19+. The highest BCUT2D eigenvalue weighted by Crippen LogP contribution is 2.31. The Hall–Kier alpha value is -3.38. The highest BCUT2D eigenvalue weighted by molar-refractivity contribution is 7.99. The molecule has 0 spiro atoms. The quantitative estimate of drug-likeness (QED) is 0.193. The Morgan fingerprint density at radius 1 is 0.892 bits per heavy atom. The van der Waals surface area contributed by atoms with Crippen LogP contribution in [0.4, 0.5) is 13.2 Å². The first kappa shape index (κ1) is 26.7. The van der Waals surface area contributed by atoms with Crippen molar-refractivity contribution in [1.29, 1.82) is 0 Å². The van der Waals surface area contributed by atoms with Crippen LogP contribution in [-0.4, -0.2) is 19.0 Å². The fraction of sp³-hybridized carbons (Fsp3) is 0.226. The summed E-state index contributed by atoms with van der Waals surface area (Å²) in [4.78, 5) is 1.11. The zero-order valence-corrected chi connectivity index (χ0v) is 21.7. The molecule has 0 atom stereocenters. The van der Waals surface area contributed by atoms with Gasteiger partial charge in [-0.2, -0.15) is 13.2 Å². The van der Waals surface area contributed by atoms with E-state index < -0.39 is 11.7 Å². The van der Waals surface area contributed by atoms with E-state index in [0.29, 0.717) is 18.1 Å². The van der Waals surface area contributed by atoms with E-state index in [9.17, 15) is 13.2 Å². The van der Waals surface area contributed by atoms with Crippen LogP contribution in [0.25, 0.3) is 16.8 Å². The van der Waals surface area contributed by atoms with Crippen LogP contribution in [0, 0.1) is 6.92 Å². The summed E-state index contributed by atoms with van der Waals surface area (Å²) in [5.74, 6) is 1.96. The largest absolute Gasteiger partial charge is 0.493 e. The number of benzene rings is 4. The second kappa shape index (κ2) is 12.2. The van der Waals surface area contributed by atoms with Crippen molar-refractivity contribution in [3.8, 4) is 11.5 Å². The van der Waals surface area contributed by atoms with Gasteiger partial charge in [0, 0.05) is 10.6 Å². The minimum absolute atomic E-state index is 0.262. The lowest BCUT2D eigenvalue weighted by molar-refractivity contribution is -0.137. The molecule has 4 aromatic rings. The molecule has 0 aliphatic carbocycles. The molecule has 0 amide bonds. The first-order chi connectivity index (χ1) is 17.8. The van der Waals surface area contributed by atoms with Gasteiger partial charge in [0.2, 0.25) is 0 Å². The monoisotopic (exact) mass is 522 g/mol. The number of hydrogen-bond donors (Lipinski definition) is 0. The summed E-state index contributed by atoms with van der Waals surface area (Å²) in [6.07, 6.45) is -1.30. The van der Waals surface area contributed by atoms with Crippen LogP contribution in [0.2, 0.25) is 0 Å². The van der Waals surface area contributed by atoms with Crippen molar-refractivity contribution in [2.75, 3.05) is 19.0 Å². The lowest BCUT2D eigenvalue weighted by Gasteiger charge is -2.13. The second-order valence-corrected chi connectivity index (χ2v) is 9.79. The molecule has 0 saturated carbocycles. The molecule has 4 rings (SSSR count). The Balaban J connectivity index is 1.55. The molecule has 0 aromatic heterocycles. The lowest BCUT2D eigenvalue weighted by Crippen LogP contribution is -2.06. The Morgan fingerprint density at radius 2 is 1.65 bits per heavy atom. The minimum atomic E-state index is -4.37. The number of ether oxygens (including phenoxy) is 2. The Bertz CT molecular complexity index is 1360. The van der Waals surface area contributed by atoms with Crippen molar-refractivity contribution in [3.63, 3.8) is 0 Å². The van der Waals surface area contributed by atoms with E-state index in [2.05, 4.69) is 49.4 Å². The highest BCUT2D eigenvalue weighted by atomic mass is 32.2. The maximum atomic E-state index is 12.9. The Morgan fingerprint density at radius 3 is 2.38 bits per heavy atom. The second-order valence-electron chi connectivity index (χ2n) is 8.75. The van der Waals surface area contributed by atoms with Gasteiger partial charge in [-0.3, -0.25) is 0 Å². The van der Waals surface area contributed by atoms with Gasteiger partial charge in [0.1, 0.15) is 18.1 Å². The molecule has 37 heavy (non-hydrogen) atoms. The first-order valence-electron chi connectivity index (χ1n) is 12.2. The van der Waals surface area contributed by atoms with E-state index in [-0.39, 0.29) is 6.61 Å². The molecule has 0 aliphatic heterocycles. The van der Waals surface area contributed by atoms with Crippen LogP contribution in [0.5, 0.6) is 11.5 Å². The molecular weight excluding hydrogens is 493 g/mol. The van der Waals surface area contributed by atoms with Crippen LogP contribution in [0.1, 0.15) is 30.0 Å². The molecule has 0 radical (unpaired) electrons. The zero-order chi connectivity index (χ0) is 26.3. The average Bonchev–Trinajstić information content (AvgIpc) is 2.89. The van der Waals surface area contributed by atoms with Gasteiger partial charge in [0.05, 0.1) is 12.2 Å². The molecular formula is C31H29F3O2S. The lowest BCUT2D eigenvalue weighted by atomic mass is 10.0. The fourth-order valence-corrected chi connectivity index (χ4v) is 4.84.